The molecule has 3 heteroatoms. The van der Waals surface area contributed by atoms with E-state index in [4.69, 9.17) is 4.74 Å². The summed E-state index contributed by atoms with van der Waals surface area (Å²) < 4.78 is 6.00. The third kappa shape index (κ3) is 3.67. The van der Waals surface area contributed by atoms with Gasteiger partial charge in [0, 0.05) is 5.56 Å². The van der Waals surface area contributed by atoms with E-state index in [-0.39, 0.29) is 5.75 Å². The Morgan fingerprint density at radius 2 is 2.15 bits per heavy atom. The summed E-state index contributed by atoms with van der Waals surface area (Å²) in [6.45, 7) is 9.57. The van der Waals surface area contributed by atoms with Gasteiger partial charge in [-0.05, 0) is 67.1 Å². The van der Waals surface area contributed by atoms with Crippen LogP contribution in [0.4, 0.5) is 0 Å². The van der Waals surface area contributed by atoms with Gasteiger partial charge in [-0.15, -0.1) is 0 Å². The van der Waals surface area contributed by atoms with E-state index in [1.807, 2.05) is 6.92 Å². The molecule has 3 rings (SSSR count). The summed E-state index contributed by atoms with van der Waals surface area (Å²) in [6.07, 6.45) is 9.87. The SMILES string of the molecule is Cc1cc(O)c2c(c1C=O)OCC(CC[C@H]1[C@@H](C)CCCC1(C)C)=CC2. The number of aryl methyl sites for hydroxylation is 1. The lowest BCUT2D eigenvalue weighted by molar-refractivity contribution is 0.0762. The van der Waals surface area contributed by atoms with Crippen LogP contribution >= 0.6 is 0 Å². The molecule has 26 heavy (non-hydrogen) atoms. The van der Waals surface area contributed by atoms with Crippen LogP contribution in [0.25, 0.3) is 0 Å². The second kappa shape index (κ2) is 7.46. The van der Waals surface area contributed by atoms with Crippen molar-refractivity contribution in [3.8, 4) is 11.5 Å². The highest BCUT2D eigenvalue weighted by atomic mass is 16.5. The minimum absolute atomic E-state index is 0.225. The predicted molar refractivity (Wildman–Crippen MR) is 105 cm³/mol. The smallest absolute Gasteiger partial charge is 0.154 e. The first kappa shape index (κ1) is 19.0. The number of allylic oxidation sites excluding steroid dienone is 1. The summed E-state index contributed by atoms with van der Waals surface area (Å²) in [5, 5.41) is 10.3. The molecule has 0 amide bonds. The van der Waals surface area contributed by atoms with Crippen LogP contribution in [-0.4, -0.2) is 18.0 Å². The molecule has 1 saturated carbocycles. The van der Waals surface area contributed by atoms with Gasteiger partial charge in [0.15, 0.2) is 6.29 Å². The van der Waals surface area contributed by atoms with Crippen molar-refractivity contribution < 1.29 is 14.6 Å². The summed E-state index contributed by atoms with van der Waals surface area (Å²) in [6, 6.07) is 1.66. The van der Waals surface area contributed by atoms with Gasteiger partial charge in [0.25, 0.3) is 0 Å². The van der Waals surface area contributed by atoms with E-state index in [2.05, 4.69) is 26.8 Å². The molecule has 2 aliphatic rings. The number of phenols is 1. The molecule has 1 aliphatic carbocycles. The summed E-state index contributed by atoms with van der Waals surface area (Å²) in [7, 11) is 0. The Morgan fingerprint density at radius 3 is 2.85 bits per heavy atom. The number of ether oxygens (including phenoxy) is 1. The highest BCUT2D eigenvalue weighted by molar-refractivity contribution is 5.83. The third-order valence-electron chi connectivity index (χ3n) is 6.67. The molecule has 1 aromatic rings. The fourth-order valence-electron chi connectivity index (χ4n) is 5.03. The highest BCUT2D eigenvalue weighted by Crippen LogP contribution is 2.46. The summed E-state index contributed by atoms with van der Waals surface area (Å²) >= 11 is 0. The van der Waals surface area contributed by atoms with Gasteiger partial charge in [-0.1, -0.05) is 39.7 Å². The fourth-order valence-corrected chi connectivity index (χ4v) is 5.03. The van der Waals surface area contributed by atoms with Gasteiger partial charge in [0.2, 0.25) is 0 Å². The molecule has 1 N–H and O–H groups in total. The molecule has 3 nitrogen and oxygen atoms in total. The van der Waals surface area contributed by atoms with Crippen LogP contribution in [-0.2, 0) is 6.42 Å². The molecule has 142 valence electrons. The number of benzene rings is 1. The van der Waals surface area contributed by atoms with Gasteiger partial charge in [-0.3, -0.25) is 4.79 Å². The third-order valence-corrected chi connectivity index (χ3v) is 6.67. The molecule has 0 bridgehead atoms. The average Bonchev–Trinajstić information content (AvgIpc) is 2.77. The number of rotatable bonds is 4. The number of aldehydes is 1. The number of hydrogen-bond donors (Lipinski definition) is 1. The Kier molecular flexibility index (Phi) is 5.45. The zero-order valence-corrected chi connectivity index (χ0v) is 16.6. The molecule has 0 radical (unpaired) electrons. The standard InChI is InChI=1S/C23H32O3/c1-15-6-5-11-23(3,4)20(15)10-8-17-7-9-18-21(25)12-16(2)19(13-24)22(18)26-14-17/h7,12-13,15,20,25H,5-6,8-11,14H2,1-4H3/t15-,20-/m0/s1. The van der Waals surface area contributed by atoms with Crippen LogP contribution in [0.2, 0.25) is 0 Å². The van der Waals surface area contributed by atoms with E-state index >= 15 is 0 Å². The lowest BCUT2D eigenvalue weighted by atomic mass is 9.62. The van der Waals surface area contributed by atoms with Gasteiger partial charge in [-0.25, -0.2) is 0 Å². The van der Waals surface area contributed by atoms with Crippen molar-refractivity contribution in [1.82, 2.24) is 0 Å². The second-order valence-electron chi connectivity index (χ2n) is 8.91. The highest BCUT2D eigenvalue weighted by Gasteiger charge is 2.36. The Balaban J connectivity index is 1.73. The normalized spacial score (nSPS) is 24.8. The van der Waals surface area contributed by atoms with Crippen molar-refractivity contribution >= 4 is 6.29 Å². The van der Waals surface area contributed by atoms with E-state index < -0.39 is 0 Å². The maximum atomic E-state index is 11.5. The minimum atomic E-state index is 0.225. The van der Waals surface area contributed by atoms with Crippen molar-refractivity contribution in [3.05, 3.63) is 34.4 Å². The minimum Gasteiger partial charge on any atom is -0.508 e. The maximum Gasteiger partial charge on any atom is 0.154 e. The van der Waals surface area contributed by atoms with Crippen LogP contribution < -0.4 is 4.74 Å². The average molecular weight is 357 g/mol. The van der Waals surface area contributed by atoms with E-state index in [1.165, 1.54) is 31.3 Å². The van der Waals surface area contributed by atoms with Crippen LogP contribution in [0.15, 0.2) is 17.7 Å². The largest absolute Gasteiger partial charge is 0.508 e. The Hall–Kier alpha value is -1.77. The van der Waals surface area contributed by atoms with Crippen LogP contribution in [0.3, 0.4) is 0 Å². The molecule has 0 spiro atoms. The second-order valence-corrected chi connectivity index (χ2v) is 8.91. The lowest BCUT2D eigenvalue weighted by Gasteiger charge is -2.43. The van der Waals surface area contributed by atoms with Crippen LogP contribution in [0.1, 0.15) is 74.4 Å². The van der Waals surface area contributed by atoms with Crippen molar-refractivity contribution in [2.75, 3.05) is 6.61 Å². The first-order valence-electron chi connectivity index (χ1n) is 9.95. The van der Waals surface area contributed by atoms with Crippen molar-refractivity contribution in [2.45, 2.75) is 66.2 Å². The van der Waals surface area contributed by atoms with Crippen LogP contribution in [0.5, 0.6) is 11.5 Å². The van der Waals surface area contributed by atoms with Crippen molar-refractivity contribution in [1.29, 1.82) is 0 Å². The quantitative estimate of drug-likeness (QED) is 0.563. The van der Waals surface area contributed by atoms with Crippen LogP contribution in [0, 0.1) is 24.2 Å². The molecular formula is C23H32O3. The molecular weight excluding hydrogens is 324 g/mol. The predicted octanol–water partition coefficient (Wildman–Crippen LogP) is 5.62. The Bertz CT molecular complexity index is 715. The zero-order chi connectivity index (χ0) is 18.9. The van der Waals surface area contributed by atoms with Gasteiger partial charge < -0.3 is 9.84 Å². The maximum absolute atomic E-state index is 11.5. The molecule has 2 atom stereocenters. The number of carbonyl (C=O) groups is 1. The molecule has 0 saturated heterocycles. The molecule has 0 unspecified atom stereocenters. The molecule has 0 aromatic heterocycles. The summed E-state index contributed by atoms with van der Waals surface area (Å²) in [5.41, 5.74) is 3.75. The number of phenolic OH excluding ortho intramolecular Hbond substituents is 1. The number of carbonyl (C=O) groups excluding carboxylic acids is 1. The molecule has 1 aliphatic heterocycles. The van der Waals surface area contributed by atoms with E-state index in [0.717, 1.165) is 35.7 Å². The number of fused-ring (bicyclic) bond motifs is 1. The van der Waals surface area contributed by atoms with Gasteiger partial charge in [-0.2, -0.15) is 0 Å². The monoisotopic (exact) mass is 356 g/mol. The first-order valence-corrected chi connectivity index (χ1v) is 9.95. The molecule has 1 aromatic carbocycles. The summed E-state index contributed by atoms with van der Waals surface area (Å²) in [5.74, 6) is 2.30. The summed E-state index contributed by atoms with van der Waals surface area (Å²) in [4.78, 5) is 11.5. The lowest BCUT2D eigenvalue weighted by Crippen LogP contribution is -2.33. The van der Waals surface area contributed by atoms with E-state index in [9.17, 15) is 9.90 Å². The number of aromatic hydroxyl groups is 1. The molecule has 1 heterocycles. The van der Waals surface area contributed by atoms with Crippen molar-refractivity contribution in [3.63, 3.8) is 0 Å². The first-order chi connectivity index (χ1) is 12.3. The van der Waals surface area contributed by atoms with E-state index in [0.29, 0.717) is 29.8 Å². The van der Waals surface area contributed by atoms with Gasteiger partial charge >= 0.3 is 0 Å². The topological polar surface area (TPSA) is 46.5 Å². The fraction of sp³-hybridized carbons (Fsp3) is 0.609. The molecule has 1 fully saturated rings. The Morgan fingerprint density at radius 1 is 1.38 bits per heavy atom. The zero-order valence-electron chi connectivity index (χ0n) is 16.6. The number of hydrogen-bond acceptors (Lipinski definition) is 3. The van der Waals surface area contributed by atoms with Crippen molar-refractivity contribution in [2.24, 2.45) is 17.3 Å². The Labute approximate surface area is 157 Å². The van der Waals surface area contributed by atoms with E-state index in [1.54, 1.807) is 6.07 Å². The van der Waals surface area contributed by atoms with Gasteiger partial charge in [0.1, 0.15) is 18.1 Å². The van der Waals surface area contributed by atoms with Gasteiger partial charge in [0.05, 0.1) is 5.56 Å².